The molecule has 120 valence electrons. The number of carbonyl (C=O) groups is 1. The van der Waals surface area contributed by atoms with Crippen molar-refractivity contribution in [3.63, 3.8) is 0 Å². The van der Waals surface area contributed by atoms with Crippen LogP contribution in [-0.4, -0.2) is 15.6 Å². The quantitative estimate of drug-likeness (QED) is 0.846. The summed E-state index contributed by atoms with van der Waals surface area (Å²) in [4.78, 5) is 11.5. The fourth-order valence-electron chi connectivity index (χ4n) is 3.04. The van der Waals surface area contributed by atoms with Crippen LogP contribution in [0.15, 0.2) is 18.3 Å². The topological polar surface area (TPSA) is 42.2 Å². The van der Waals surface area contributed by atoms with Gasteiger partial charge in [-0.2, -0.15) is 0 Å². The molecular weight excluding hydrogens is 274 g/mol. The van der Waals surface area contributed by atoms with Gasteiger partial charge < -0.3 is 9.67 Å². The number of hydrogen-bond donors (Lipinski definition) is 1. The van der Waals surface area contributed by atoms with Gasteiger partial charge in [0.05, 0.1) is 11.1 Å². The maximum atomic E-state index is 11.5. The van der Waals surface area contributed by atoms with Crippen LogP contribution < -0.4 is 0 Å². The van der Waals surface area contributed by atoms with Gasteiger partial charge in [0, 0.05) is 18.1 Å². The fourth-order valence-corrected chi connectivity index (χ4v) is 3.04. The summed E-state index contributed by atoms with van der Waals surface area (Å²) < 4.78 is 2.30. The fraction of sp³-hybridized carbons (Fsp3) is 0.526. The molecule has 3 heteroatoms. The zero-order chi connectivity index (χ0) is 16.7. The first-order valence-electron chi connectivity index (χ1n) is 8.07. The minimum Gasteiger partial charge on any atom is -0.478 e. The second-order valence-corrected chi connectivity index (χ2v) is 7.41. The number of aromatic carboxylic acids is 1. The van der Waals surface area contributed by atoms with Gasteiger partial charge in [0.1, 0.15) is 0 Å². The van der Waals surface area contributed by atoms with Crippen LogP contribution in [-0.2, 0) is 12.0 Å². The third-order valence-electron chi connectivity index (χ3n) is 4.14. The number of carboxylic acid groups (broad SMARTS) is 1. The normalized spacial score (nSPS) is 12.3. The standard InChI is InChI=1S/C19H27NO2/c1-7-8-20-11-15(12(2)3)14-9-13(18(21)22)10-16(17(14)20)19(4,5)6/h9-12H,7-8H2,1-6H3,(H,21,22). The number of nitrogens with zero attached hydrogens (tertiary/aromatic N) is 1. The summed E-state index contributed by atoms with van der Waals surface area (Å²) in [7, 11) is 0. The Labute approximate surface area is 133 Å². The third-order valence-corrected chi connectivity index (χ3v) is 4.14. The molecule has 3 nitrogen and oxygen atoms in total. The highest BCUT2D eigenvalue weighted by Gasteiger charge is 2.24. The molecule has 0 atom stereocenters. The number of carboxylic acids is 1. The molecule has 0 spiro atoms. The number of fused-ring (bicyclic) bond motifs is 1. The minimum atomic E-state index is -0.856. The molecule has 0 amide bonds. The molecule has 22 heavy (non-hydrogen) atoms. The first-order chi connectivity index (χ1) is 10.2. The SMILES string of the molecule is CCCn1cc(C(C)C)c2cc(C(=O)O)cc(C(C)(C)C)c21. The lowest BCUT2D eigenvalue weighted by molar-refractivity contribution is 0.0697. The second kappa shape index (κ2) is 5.79. The number of aryl methyl sites for hydroxylation is 1. The molecule has 0 aliphatic carbocycles. The van der Waals surface area contributed by atoms with Crippen LogP contribution in [0.4, 0.5) is 0 Å². The third kappa shape index (κ3) is 2.90. The zero-order valence-corrected chi connectivity index (χ0v) is 14.5. The summed E-state index contributed by atoms with van der Waals surface area (Å²) in [6.07, 6.45) is 3.27. The van der Waals surface area contributed by atoms with E-state index in [0.717, 1.165) is 23.9 Å². The van der Waals surface area contributed by atoms with Gasteiger partial charge in [-0.3, -0.25) is 0 Å². The van der Waals surface area contributed by atoms with Crippen molar-refractivity contribution in [1.82, 2.24) is 4.57 Å². The van der Waals surface area contributed by atoms with Crippen LogP contribution >= 0.6 is 0 Å². The minimum absolute atomic E-state index is 0.0954. The van der Waals surface area contributed by atoms with Crippen LogP contribution in [0, 0.1) is 0 Å². The molecule has 0 aliphatic rings. The summed E-state index contributed by atoms with van der Waals surface area (Å²) in [5, 5.41) is 10.6. The van der Waals surface area contributed by atoms with Gasteiger partial charge in [0.25, 0.3) is 0 Å². The average Bonchev–Trinajstić information content (AvgIpc) is 2.76. The second-order valence-electron chi connectivity index (χ2n) is 7.41. The summed E-state index contributed by atoms with van der Waals surface area (Å²) in [6.45, 7) is 13.9. The van der Waals surface area contributed by atoms with Gasteiger partial charge in [-0.25, -0.2) is 4.79 Å². The Morgan fingerprint density at radius 3 is 2.36 bits per heavy atom. The smallest absolute Gasteiger partial charge is 0.335 e. The van der Waals surface area contributed by atoms with E-state index in [1.54, 1.807) is 0 Å². The van der Waals surface area contributed by atoms with Crippen LogP contribution in [0.5, 0.6) is 0 Å². The first-order valence-corrected chi connectivity index (χ1v) is 8.07. The number of hydrogen-bond acceptors (Lipinski definition) is 1. The Hall–Kier alpha value is -1.77. The van der Waals surface area contributed by atoms with Crippen molar-refractivity contribution in [3.05, 3.63) is 35.0 Å². The summed E-state index contributed by atoms with van der Waals surface area (Å²) in [6, 6.07) is 3.69. The maximum Gasteiger partial charge on any atom is 0.335 e. The van der Waals surface area contributed by atoms with E-state index in [2.05, 4.69) is 52.3 Å². The molecule has 2 aromatic rings. The molecule has 1 aromatic carbocycles. The zero-order valence-electron chi connectivity index (χ0n) is 14.5. The van der Waals surface area contributed by atoms with Crippen molar-refractivity contribution < 1.29 is 9.90 Å². The Kier molecular flexibility index (Phi) is 4.37. The van der Waals surface area contributed by atoms with E-state index in [9.17, 15) is 9.90 Å². The predicted molar refractivity (Wildman–Crippen MR) is 92.0 cm³/mol. The Balaban J connectivity index is 2.92. The van der Waals surface area contributed by atoms with Crippen molar-refractivity contribution in [2.24, 2.45) is 0 Å². The van der Waals surface area contributed by atoms with E-state index in [1.165, 1.54) is 11.1 Å². The Morgan fingerprint density at radius 2 is 1.91 bits per heavy atom. The van der Waals surface area contributed by atoms with E-state index < -0.39 is 5.97 Å². The molecular formula is C19H27NO2. The molecule has 0 saturated carbocycles. The van der Waals surface area contributed by atoms with Gasteiger partial charge >= 0.3 is 5.97 Å². The lowest BCUT2D eigenvalue weighted by atomic mass is 9.84. The van der Waals surface area contributed by atoms with Crippen LogP contribution in [0.25, 0.3) is 10.9 Å². The molecule has 0 unspecified atom stereocenters. The van der Waals surface area contributed by atoms with E-state index in [1.807, 2.05) is 12.1 Å². The number of rotatable bonds is 4. The molecule has 0 fully saturated rings. The Bertz CT molecular complexity index is 702. The summed E-state index contributed by atoms with van der Waals surface area (Å²) >= 11 is 0. The van der Waals surface area contributed by atoms with Gasteiger partial charge in [-0.1, -0.05) is 41.5 Å². The van der Waals surface area contributed by atoms with Crippen LogP contribution in [0.3, 0.4) is 0 Å². The maximum absolute atomic E-state index is 11.5. The average molecular weight is 301 g/mol. The van der Waals surface area contributed by atoms with E-state index in [-0.39, 0.29) is 5.41 Å². The molecule has 1 aromatic heterocycles. The van der Waals surface area contributed by atoms with E-state index in [0.29, 0.717) is 11.5 Å². The van der Waals surface area contributed by atoms with E-state index in [4.69, 9.17) is 0 Å². The van der Waals surface area contributed by atoms with Crippen molar-refractivity contribution in [2.45, 2.75) is 65.8 Å². The summed E-state index contributed by atoms with van der Waals surface area (Å²) in [5.41, 5.74) is 3.83. The molecule has 0 radical (unpaired) electrons. The summed E-state index contributed by atoms with van der Waals surface area (Å²) in [5.74, 6) is -0.484. The van der Waals surface area contributed by atoms with Crippen molar-refractivity contribution in [1.29, 1.82) is 0 Å². The van der Waals surface area contributed by atoms with Crippen molar-refractivity contribution >= 4 is 16.9 Å². The Morgan fingerprint density at radius 1 is 1.27 bits per heavy atom. The van der Waals surface area contributed by atoms with Crippen molar-refractivity contribution in [3.8, 4) is 0 Å². The van der Waals surface area contributed by atoms with Gasteiger partial charge in [0.2, 0.25) is 0 Å². The molecule has 2 rings (SSSR count). The highest BCUT2D eigenvalue weighted by molar-refractivity contribution is 5.97. The van der Waals surface area contributed by atoms with E-state index >= 15 is 0 Å². The van der Waals surface area contributed by atoms with Crippen LogP contribution in [0.1, 0.15) is 75.4 Å². The number of aromatic nitrogens is 1. The van der Waals surface area contributed by atoms with Crippen LogP contribution in [0.2, 0.25) is 0 Å². The first kappa shape index (κ1) is 16.6. The highest BCUT2D eigenvalue weighted by Crippen LogP contribution is 2.36. The lowest BCUT2D eigenvalue weighted by Crippen LogP contribution is -2.15. The molecule has 0 aliphatic heterocycles. The largest absolute Gasteiger partial charge is 0.478 e. The predicted octanol–water partition coefficient (Wildman–Crippen LogP) is 5.17. The van der Waals surface area contributed by atoms with Gasteiger partial charge in [0.15, 0.2) is 0 Å². The number of benzene rings is 1. The molecule has 0 saturated heterocycles. The van der Waals surface area contributed by atoms with Gasteiger partial charge in [-0.15, -0.1) is 0 Å². The molecule has 1 heterocycles. The highest BCUT2D eigenvalue weighted by atomic mass is 16.4. The lowest BCUT2D eigenvalue weighted by Gasteiger charge is -2.22. The molecule has 0 bridgehead atoms. The van der Waals surface area contributed by atoms with Crippen molar-refractivity contribution in [2.75, 3.05) is 0 Å². The molecule has 1 N–H and O–H groups in total. The van der Waals surface area contributed by atoms with Gasteiger partial charge in [-0.05, 0) is 41.0 Å². The monoisotopic (exact) mass is 301 g/mol.